The van der Waals surface area contributed by atoms with Gasteiger partial charge in [0.2, 0.25) is 0 Å². The van der Waals surface area contributed by atoms with Crippen LogP contribution >= 0.6 is 0 Å². The van der Waals surface area contributed by atoms with Gasteiger partial charge in [-0.1, -0.05) is 104 Å². The number of esters is 1. The van der Waals surface area contributed by atoms with Gasteiger partial charge in [-0.2, -0.15) is 0 Å². The Balaban J connectivity index is 1.83. The molecule has 0 bridgehead atoms. The molecular formula is C37H50O3. The summed E-state index contributed by atoms with van der Waals surface area (Å²) in [4.78, 5) is 12.7. The molecule has 0 aromatic heterocycles. The van der Waals surface area contributed by atoms with Crippen LogP contribution in [0.4, 0.5) is 0 Å². The smallest absolute Gasteiger partial charge is 0.317 e. The summed E-state index contributed by atoms with van der Waals surface area (Å²) < 4.78 is 12.1. The third-order valence-electron chi connectivity index (χ3n) is 9.58. The zero-order valence-electron chi connectivity index (χ0n) is 26.5. The van der Waals surface area contributed by atoms with Crippen molar-refractivity contribution in [1.29, 1.82) is 0 Å². The second-order valence-corrected chi connectivity index (χ2v) is 12.8. The fourth-order valence-corrected chi connectivity index (χ4v) is 4.96. The van der Waals surface area contributed by atoms with Gasteiger partial charge >= 0.3 is 5.97 Å². The molecule has 0 aliphatic heterocycles. The Morgan fingerprint density at radius 3 is 1.40 bits per heavy atom. The van der Waals surface area contributed by atoms with Crippen LogP contribution in [-0.2, 0) is 15.6 Å². The zero-order chi connectivity index (χ0) is 29.8. The van der Waals surface area contributed by atoms with Crippen LogP contribution in [0.3, 0.4) is 0 Å². The van der Waals surface area contributed by atoms with E-state index >= 15 is 0 Å². The second-order valence-electron chi connectivity index (χ2n) is 12.8. The lowest BCUT2D eigenvalue weighted by atomic mass is 9.73. The lowest BCUT2D eigenvalue weighted by Gasteiger charge is -2.31. The van der Waals surface area contributed by atoms with Gasteiger partial charge < -0.3 is 9.47 Å². The number of carbonyl (C=O) groups excluding carboxylic acids is 1. The fourth-order valence-electron chi connectivity index (χ4n) is 4.96. The van der Waals surface area contributed by atoms with Crippen molar-refractivity contribution in [3.8, 4) is 11.5 Å². The maximum absolute atomic E-state index is 12.7. The van der Waals surface area contributed by atoms with Crippen LogP contribution in [-0.4, -0.2) is 11.6 Å². The van der Waals surface area contributed by atoms with Crippen LogP contribution in [0.5, 0.6) is 11.5 Å². The quantitative estimate of drug-likeness (QED) is 0.169. The van der Waals surface area contributed by atoms with Crippen molar-refractivity contribution < 1.29 is 14.3 Å². The van der Waals surface area contributed by atoms with E-state index in [-0.39, 0.29) is 22.4 Å². The molecule has 0 heterocycles. The third-order valence-corrected chi connectivity index (χ3v) is 9.58. The molecule has 0 aliphatic rings. The Morgan fingerprint density at radius 2 is 1.00 bits per heavy atom. The molecular weight excluding hydrogens is 492 g/mol. The Kier molecular flexibility index (Phi) is 9.60. The Bertz CT molecular complexity index is 1260. The van der Waals surface area contributed by atoms with Crippen molar-refractivity contribution in [3.05, 3.63) is 95.1 Å². The minimum atomic E-state index is -0.454. The van der Waals surface area contributed by atoms with Gasteiger partial charge in [0.1, 0.15) is 17.1 Å². The lowest BCUT2D eigenvalue weighted by Crippen LogP contribution is -2.30. The van der Waals surface area contributed by atoms with Gasteiger partial charge in [-0.25, -0.2) is 0 Å². The van der Waals surface area contributed by atoms with E-state index in [0.717, 1.165) is 31.4 Å². The van der Waals surface area contributed by atoms with E-state index in [0.29, 0.717) is 5.75 Å². The van der Waals surface area contributed by atoms with Gasteiger partial charge in [0.15, 0.2) is 0 Å². The Morgan fingerprint density at radius 1 is 0.575 bits per heavy atom. The van der Waals surface area contributed by atoms with Crippen molar-refractivity contribution in [1.82, 2.24) is 0 Å². The number of benzene rings is 3. The Labute approximate surface area is 243 Å². The number of ether oxygens (including phenoxy) is 2. The van der Waals surface area contributed by atoms with Crippen molar-refractivity contribution >= 4 is 5.97 Å². The van der Waals surface area contributed by atoms with Crippen LogP contribution in [0.1, 0.15) is 117 Å². The van der Waals surface area contributed by atoms with Crippen molar-refractivity contribution in [2.45, 2.75) is 111 Å². The van der Waals surface area contributed by atoms with E-state index in [4.69, 9.17) is 9.47 Å². The number of hydrogen-bond donors (Lipinski definition) is 0. The predicted molar refractivity (Wildman–Crippen MR) is 168 cm³/mol. The standard InChI is InChI=1S/C37H50O3/c1-11-36(9,12-2)33(38)39-31-22-18-27(19-23-31)34(5,6)29-16-15-17-30(26-29)35(7,8)28-20-24-32(25-21-28)40-37(10,13-3)14-4/h15-26H,11-14H2,1-10H3. The molecule has 216 valence electrons. The molecule has 3 rings (SSSR count). The Hall–Kier alpha value is -3.07. The summed E-state index contributed by atoms with van der Waals surface area (Å²) in [6, 6.07) is 25.5. The molecule has 0 saturated carbocycles. The largest absolute Gasteiger partial charge is 0.488 e. The predicted octanol–water partition coefficient (Wildman–Crippen LogP) is 10.0. The molecule has 3 heteroatoms. The van der Waals surface area contributed by atoms with E-state index in [1.807, 2.05) is 32.9 Å². The molecule has 0 N–H and O–H groups in total. The number of hydrogen-bond acceptors (Lipinski definition) is 3. The van der Waals surface area contributed by atoms with Crippen LogP contribution < -0.4 is 9.47 Å². The highest BCUT2D eigenvalue weighted by Crippen LogP contribution is 2.38. The topological polar surface area (TPSA) is 35.5 Å². The monoisotopic (exact) mass is 542 g/mol. The van der Waals surface area contributed by atoms with Gasteiger partial charge in [0, 0.05) is 10.8 Å². The maximum atomic E-state index is 12.7. The van der Waals surface area contributed by atoms with Crippen molar-refractivity contribution in [2.75, 3.05) is 0 Å². The summed E-state index contributed by atoms with van der Waals surface area (Å²) >= 11 is 0. The highest BCUT2D eigenvalue weighted by Gasteiger charge is 2.32. The average Bonchev–Trinajstić information content (AvgIpc) is 2.97. The molecule has 3 aromatic rings. The summed E-state index contributed by atoms with van der Waals surface area (Å²) in [7, 11) is 0. The molecule has 0 aliphatic carbocycles. The van der Waals surface area contributed by atoms with E-state index in [1.165, 1.54) is 22.3 Å². The first kappa shape index (κ1) is 31.5. The normalized spacial score (nSPS) is 12.8. The van der Waals surface area contributed by atoms with E-state index < -0.39 is 5.41 Å². The molecule has 0 unspecified atom stereocenters. The zero-order valence-corrected chi connectivity index (χ0v) is 26.5. The molecule has 3 nitrogen and oxygen atoms in total. The van der Waals surface area contributed by atoms with Crippen molar-refractivity contribution in [2.24, 2.45) is 5.41 Å². The van der Waals surface area contributed by atoms with Gasteiger partial charge in [-0.3, -0.25) is 4.79 Å². The minimum absolute atomic E-state index is 0.136. The first-order chi connectivity index (χ1) is 18.7. The number of rotatable bonds is 12. The molecule has 0 atom stereocenters. The molecule has 0 radical (unpaired) electrons. The first-order valence-electron chi connectivity index (χ1n) is 15.0. The highest BCUT2D eigenvalue weighted by atomic mass is 16.5. The summed E-state index contributed by atoms with van der Waals surface area (Å²) in [6.07, 6.45) is 3.47. The first-order valence-corrected chi connectivity index (χ1v) is 15.0. The number of carbonyl (C=O) groups is 1. The van der Waals surface area contributed by atoms with Crippen LogP contribution in [0, 0.1) is 5.41 Å². The van der Waals surface area contributed by atoms with Gasteiger partial charge in [0.05, 0.1) is 5.41 Å². The van der Waals surface area contributed by atoms with Crippen LogP contribution in [0.15, 0.2) is 72.8 Å². The second kappa shape index (κ2) is 12.2. The summed E-state index contributed by atoms with van der Waals surface area (Å²) in [6.45, 7) is 21.6. The lowest BCUT2D eigenvalue weighted by molar-refractivity contribution is -0.145. The van der Waals surface area contributed by atoms with E-state index in [1.54, 1.807) is 0 Å². The molecule has 40 heavy (non-hydrogen) atoms. The molecule has 3 aromatic carbocycles. The maximum Gasteiger partial charge on any atom is 0.317 e. The summed E-state index contributed by atoms with van der Waals surface area (Å²) in [5, 5.41) is 0. The van der Waals surface area contributed by atoms with Gasteiger partial charge in [-0.15, -0.1) is 0 Å². The van der Waals surface area contributed by atoms with Crippen LogP contribution in [0.2, 0.25) is 0 Å². The van der Waals surface area contributed by atoms with E-state index in [9.17, 15) is 4.79 Å². The summed E-state index contributed by atoms with van der Waals surface area (Å²) in [5.74, 6) is 1.35. The third kappa shape index (κ3) is 6.62. The summed E-state index contributed by atoms with van der Waals surface area (Å²) in [5.41, 5.74) is 3.95. The van der Waals surface area contributed by atoms with E-state index in [2.05, 4.69) is 109 Å². The highest BCUT2D eigenvalue weighted by molar-refractivity contribution is 5.78. The van der Waals surface area contributed by atoms with Gasteiger partial charge in [-0.05, 0) is 86.1 Å². The van der Waals surface area contributed by atoms with Crippen LogP contribution in [0.25, 0.3) is 0 Å². The minimum Gasteiger partial charge on any atom is -0.488 e. The molecule has 0 amide bonds. The van der Waals surface area contributed by atoms with Gasteiger partial charge in [0.25, 0.3) is 0 Å². The SMILES string of the molecule is CCC(C)(CC)Oc1ccc(C(C)(C)c2cccc(C(C)(C)c3ccc(OC(=O)C(C)(CC)CC)cc3)c2)cc1. The average molecular weight is 543 g/mol. The molecule has 0 saturated heterocycles. The molecule has 0 fully saturated rings. The van der Waals surface area contributed by atoms with Crippen molar-refractivity contribution in [3.63, 3.8) is 0 Å². The fraction of sp³-hybridized carbons (Fsp3) is 0.486. The molecule has 0 spiro atoms.